The van der Waals surface area contributed by atoms with Crippen molar-refractivity contribution in [1.82, 2.24) is 20.7 Å². The molecule has 3 rings (SSSR count). The second kappa shape index (κ2) is 12.3. The number of aryl methyl sites for hydroxylation is 2. The van der Waals surface area contributed by atoms with E-state index in [1.807, 2.05) is 19.9 Å². The van der Waals surface area contributed by atoms with Crippen molar-refractivity contribution in [2.24, 2.45) is 4.99 Å². The maximum atomic E-state index is 5.76. The fourth-order valence-electron chi connectivity index (χ4n) is 4.17. The minimum Gasteiger partial charge on any atom is -0.468 e. The molecule has 0 aliphatic carbocycles. The van der Waals surface area contributed by atoms with E-state index in [1.54, 1.807) is 6.26 Å². The number of furan rings is 1. The molecule has 1 aliphatic rings. The number of aliphatic imine (C=N–C) groups is 1. The summed E-state index contributed by atoms with van der Waals surface area (Å²) in [4.78, 5) is 7.35. The summed E-state index contributed by atoms with van der Waals surface area (Å²) in [6.45, 7) is 12.7. The number of nitrogens with zero attached hydrogens (tertiary/aromatic N) is 3. The van der Waals surface area contributed by atoms with E-state index >= 15 is 0 Å². The van der Waals surface area contributed by atoms with Gasteiger partial charge in [0.2, 0.25) is 0 Å². The van der Waals surface area contributed by atoms with E-state index in [1.165, 1.54) is 19.3 Å². The fourth-order valence-corrected chi connectivity index (χ4v) is 4.17. The molecule has 0 saturated carbocycles. The summed E-state index contributed by atoms with van der Waals surface area (Å²) in [5, 5.41) is 11.0. The van der Waals surface area contributed by atoms with Gasteiger partial charge in [-0.1, -0.05) is 18.5 Å². The summed E-state index contributed by atoms with van der Waals surface area (Å²) in [7, 11) is 0. The predicted octanol–water partition coefficient (Wildman–Crippen LogP) is 4.39. The standard InChI is InChI=1S/C22H35N5O2.HI/c1-5-23-22(24-14-16(2)21-17(3)26-29-18(21)4)25-15-19(20-10-9-13-28-20)27-11-7-6-8-12-27;/h9-10,13,16,19H,5-8,11-12,14-15H2,1-4H3,(H2,23,24,25);1H. The molecule has 2 atom stereocenters. The molecule has 2 aromatic heterocycles. The molecule has 7 nitrogen and oxygen atoms in total. The Bertz CT molecular complexity index is 749. The molecular formula is C22H36IN5O2. The van der Waals surface area contributed by atoms with Crippen molar-refractivity contribution in [2.75, 3.05) is 32.7 Å². The van der Waals surface area contributed by atoms with Crippen LogP contribution < -0.4 is 10.6 Å². The van der Waals surface area contributed by atoms with Crippen molar-refractivity contribution in [3.63, 3.8) is 0 Å². The van der Waals surface area contributed by atoms with Crippen molar-refractivity contribution in [3.05, 3.63) is 41.2 Å². The molecule has 0 radical (unpaired) electrons. The van der Waals surface area contributed by atoms with E-state index in [0.717, 1.165) is 54.9 Å². The van der Waals surface area contributed by atoms with Crippen molar-refractivity contribution in [3.8, 4) is 0 Å². The molecule has 0 spiro atoms. The Morgan fingerprint density at radius 1 is 1.23 bits per heavy atom. The quantitative estimate of drug-likeness (QED) is 0.300. The lowest BCUT2D eigenvalue weighted by Crippen LogP contribution is -2.44. The SMILES string of the molecule is CCNC(=NCC(C)c1c(C)noc1C)NCC(c1ccco1)N1CCCCC1.I. The van der Waals surface area contributed by atoms with Crippen LogP contribution in [0.15, 0.2) is 32.3 Å². The van der Waals surface area contributed by atoms with Crippen molar-refractivity contribution < 1.29 is 8.94 Å². The average Bonchev–Trinajstić information content (AvgIpc) is 3.37. The lowest BCUT2D eigenvalue weighted by Gasteiger charge is -2.33. The molecule has 0 bridgehead atoms. The Labute approximate surface area is 197 Å². The van der Waals surface area contributed by atoms with Crippen LogP contribution in [-0.2, 0) is 0 Å². The highest BCUT2D eigenvalue weighted by atomic mass is 127. The molecule has 1 saturated heterocycles. The lowest BCUT2D eigenvalue weighted by molar-refractivity contribution is 0.146. The minimum absolute atomic E-state index is 0. The first-order valence-electron chi connectivity index (χ1n) is 10.8. The predicted molar refractivity (Wildman–Crippen MR) is 131 cm³/mol. The molecule has 1 fully saturated rings. The molecule has 1 aliphatic heterocycles. The third kappa shape index (κ3) is 6.47. The summed E-state index contributed by atoms with van der Waals surface area (Å²) in [5.41, 5.74) is 2.11. The first-order chi connectivity index (χ1) is 14.1. The van der Waals surface area contributed by atoms with Crippen LogP contribution in [0.5, 0.6) is 0 Å². The maximum Gasteiger partial charge on any atom is 0.191 e. The summed E-state index contributed by atoms with van der Waals surface area (Å²) < 4.78 is 11.1. The van der Waals surface area contributed by atoms with Crippen molar-refractivity contribution >= 4 is 29.9 Å². The number of likely N-dealkylation sites (tertiary alicyclic amines) is 1. The van der Waals surface area contributed by atoms with Gasteiger partial charge in [-0.25, -0.2) is 0 Å². The Balaban J connectivity index is 0.00000320. The third-order valence-electron chi connectivity index (χ3n) is 5.61. The molecule has 30 heavy (non-hydrogen) atoms. The van der Waals surface area contributed by atoms with Gasteiger partial charge in [0.25, 0.3) is 0 Å². The van der Waals surface area contributed by atoms with Gasteiger partial charge < -0.3 is 19.6 Å². The fraction of sp³-hybridized carbons (Fsp3) is 0.636. The van der Waals surface area contributed by atoms with Gasteiger partial charge in [0, 0.05) is 31.1 Å². The first-order valence-corrected chi connectivity index (χ1v) is 10.8. The molecule has 2 unspecified atom stereocenters. The van der Waals surface area contributed by atoms with E-state index in [2.05, 4.69) is 40.6 Å². The minimum atomic E-state index is 0. The van der Waals surface area contributed by atoms with Crippen LogP contribution in [0.1, 0.15) is 67.8 Å². The van der Waals surface area contributed by atoms with Crippen LogP contribution in [0, 0.1) is 13.8 Å². The first kappa shape index (κ1) is 24.7. The van der Waals surface area contributed by atoms with E-state index in [-0.39, 0.29) is 35.9 Å². The van der Waals surface area contributed by atoms with Gasteiger partial charge in [0.1, 0.15) is 11.5 Å². The molecule has 8 heteroatoms. The van der Waals surface area contributed by atoms with E-state index in [4.69, 9.17) is 13.9 Å². The summed E-state index contributed by atoms with van der Waals surface area (Å²) in [5.74, 6) is 2.98. The molecule has 0 aromatic carbocycles. The van der Waals surface area contributed by atoms with Gasteiger partial charge in [0.15, 0.2) is 5.96 Å². The van der Waals surface area contributed by atoms with Gasteiger partial charge >= 0.3 is 0 Å². The van der Waals surface area contributed by atoms with Crippen molar-refractivity contribution in [1.29, 1.82) is 0 Å². The third-order valence-corrected chi connectivity index (χ3v) is 5.61. The zero-order valence-electron chi connectivity index (χ0n) is 18.6. The highest BCUT2D eigenvalue weighted by molar-refractivity contribution is 14.0. The van der Waals surface area contributed by atoms with Crippen LogP contribution in [0.2, 0.25) is 0 Å². The maximum absolute atomic E-state index is 5.76. The van der Waals surface area contributed by atoms with Crippen LogP contribution in [-0.4, -0.2) is 48.7 Å². The van der Waals surface area contributed by atoms with Gasteiger partial charge in [-0.15, -0.1) is 24.0 Å². The van der Waals surface area contributed by atoms with Gasteiger partial charge in [-0.2, -0.15) is 0 Å². The smallest absolute Gasteiger partial charge is 0.191 e. The van der Waals surface area contributed by atoms with Crippen molar-refractivity contribution in [2.45, 2.75) is 58.9 Å². The zero-order chi connectivity index (χ0) is 20.6. The number of nitrogens with one attached hydrogen (secondary N) is 2. The number of piperidine rings is 1. The highest BCUT2D eigenvalue weighted by Crippen LogP contribution is 2.25. The van der Waals surface area contributed by atoms with Gasteiger partial charge in [-0.05, 0) is 58.8 Å². The lowest BCUT2D eigenvalue weighted by atomic mass is 10.00. The van der Waals surface area contributed by atoms with Crippen LogP contribution >= 0.6 is 24.0 Å². The number of halogens is 1. The number of rotatable bonds is 8. The van der Waals surface area contributed by atoms with E-state index in [9.17, 15) is 0 Å². The summed E-state index contributed by atoms with van der Waals surface area (Å²) in [6, 6.07) is 4.26. The molecule has 3 heterocycles. The normalized spacial score (nSPS) is 17.3. The number of hydrogen-bond donors (Lipinski definition) is 2. The Hall–Kier alpha value is -1.55. The van der Waals surface area contributed by atoms with E-state index in [0.29, 0.717) is 6.54 Å². The van der Waals surface area contributed by atoms with Crippen LogP contribution in [0.25, 0.3) is 0 Å². The Morgan fingerprint density at radius 2 is 2.00 bits per heavy atom. The monoisotopic (exact) mass is 529 g/mol. The van der Waals surface area contributed by atoms with Gasteiger partial charge in [0.05, 0.1) is 18.0 Å². The number of aromatic nitrogens is 1. The molecule has 0 amide bonds. The zero-order valence-corrected chi connectivity index (χ0v) is 20.9. The Kier molecular flexibility index (Phi) is 10.2. The largest absolute Gasteiger partial charge is 0.468 e. The Morgan fingerprint density at radius 3 is 2.60 bits per heavy atom. The summed E-state index contributed by atoms with van der Waals surface area (Å²) in [6.07, 6.45) is 5.58. The topological polar surface area (TPSA) is 78.8 Å². The number of hydrogen-bond acceptors (Lipinski definition) is 5. The molecule has 2 N–H and O–H groups in total. The molecular weight excluding hydrogens is 493 g/mol. The summed E-state index contributed by atoms with van der Waals surface area (Å²) >= 11 is 0. The second-order valence-corrected chi connectivity index (χ2v) is 7.87. The van der Waals surface area contributed by atoms with Crippen LogP contribution in [0.3, 0.4) is 0 Å². The highest BCUT2D eigenvalue weighted by Gasteiger charge is 2.24. The van der Waals surface area contributed by atoms with Gasteiger partial charge in [-0.3, -0.25) is 9.89 Å². The second-order valence-electron chi connectivity index (χ2n) is 7.87. The van der Waals surface area contributed by atoms with E-state index < -0.39 is 0 Å². The van der Waals surface area contributed by atoms with Crippen LogP contribution in [0.4, 0.5) is 0 Å². The average molecular weight is 529 g/mol. The number of guanidine groups is 1. The molecule has 2 aromatic rings. The molecule has 168 valence electrons.